The highest BCUT2D eigenvalue weighted by Crippen LogP contribution is 2.30. The molecule has 0 bridgehead atoms. The summed E-state index contributed by atoms with van der Waals surface area (Å²) in [6, 6.07) is 12.3. The summed E-state index contributed by atoms with van der Waals surface area (Å²) < 4.78 is 49.8. The van der Waals surface area contributed by atoms with E-state index in [4.69, 9.17) is 9.15 Å². The molecule has 1 N–H and O–H groups in total. The molecule has 2 aromatic heterocycles. The first kappa shape index (κ1) is 28.5. The summed E-state index contributed by atoms with van der Waals surface area (Å²) >= 11 is 0. The molecule has 0 aliphatic carbocycles. The van der Waals surface area contributed by atoms with Crippen molar-refractivity contribution in [1.29, 1.82) is 5.26 Å². The summed E-state index contributed by atoms with van der Waals surface area (Å²) in [6.07, 6.45) is -2.09. The van der Waals surface area contributed by atoms with Crippen LogP contribution in [0.15, 0.2) is 53.1 Å². The van der Waals surface area contributed by atoms with E-state index < -0.39 is 17.8 Å². The molecule has 0 atom stereocenters. The standard InChI is InChI=1S/C29H25F3N6O4/c1-2-41-27(40)21-13-18(15-33)14-22-24(21)42-26(36-22)20-5-3-19(4-6-20)25(39)35-16-17-8-11-38(12-9-17)28-34-10-7-23(37-28)29(30,31)32/h3-7,10,13-14,17H,2,8-9,11-12,16H2,1H3,(H,35,39). The number of nitrogens with one attached hydrogen (secondary N) is 1. The summed E-state index contributed by atoms with van der Waals surface area (Å²) in [5, 5.41) is 12.2. The molecule has 216 valence electrons. The van der Waals surface area contributed by atoms with E-state index in [0.717, 1.165) is 12.3 Å². The number of halogens is 3. The highest BCUT2D eigenvalue weighted by molar-refractivity contribution is 6.02. The van der Waals surface area contributed by atoms with Gasteiger partial charge >= 0.3 is 12.1 Å². The molecule has 10 nitrogen and oxygen atoms in total. The van der Waals surface area contributed by atoms with Gasteiger partial charge in [-0.2, -0.15) is 18.4 Å². The molecule has 4 aromatic rings. The van der Waals surface area contributed by atoms with Gasteiger partial charge in [0.05, 0.1) is 18.2 Å². The van der Waals surface area contributed by atoms with Crippen LogP contribution < -0.4 is 10.2 Å². The number of hydrogen-bond donors (Lipinski definition) is 1. The molecule has 0 radical (unpaired) electrons. The number of fused-ring (bicyclic) bond motifs is 1. The van der Waals surface area contributed by atoms with Crippen LogP contribution in [0.5, 0.6) is 0 Å². The number of esters is 1. The number of piperidine rings is 1. The van der Waals surface area contributed by atoms with Crippen molar-refractivity contribution in [2.24, 2.45) is 5.92 Å². The van der Waals surface area contributed by atoms with E-state index in [1.165, 1.54) is 12.1 Å². The van der Waals surface area contributed by atoms with E-state index in [9.17, 15) is 28.0 Å². The topological polar surface area (TPSA) is 134 Å². The minimum Gasteiger partial charge on any atom is -0.462 e. The Bertz CT molecular complexity index is 1650. The van der Waals surface area contributed by atoms with E-state index in [1.54, 1.807) is 36.1 Å². The van der Waals surface area contributed by atoms with Gasteiger partial charge < -0.3 is 19.4 Å². The Morgan fingerprint density at radius 3 is 2.55 bits per heavy atom. The Morgan fingerprint density at radius 2 is 1.88 bits per heavy atom. The number of nitrogens with zero attached hydrogens (tertiary/aromatic N) is 5. The minimum atomic E-state index is -4.53. The lowest BCUT2D eigenvalue weighted by atomic mass is 9.97. The highest BCUT2D eigenvalue weighted by atomic mass is 19.4. The molecule has 42 heavy (non-hydrogen) atoms. The molecule has 1 aliphatic rings. The zero-order valence-corrected chi connectivity index (χ0v) is 22.4. The monoisotopic (exact) mass is 578 g/mol. The first-order valence-electron chi connectivity index (χ1n) is 13.2. The van der Waals surface area contributed by atoms with Crippen LogP contribution in [0, 0.1) is 17.2 Å². The van der Waals surface area contributed by atoms with Crippen molar-refractivity contribution in [2.45, 2.75) is 25.9 Å². The molecule has 1 saturated heterocycles. The number of amides is 1. The lowest BCUT2D eigenvalue weighted by Crippen LogP contribution is -2.39. The van der Waals surface area contributed by atoms with Crippen molar-refractivity contribution >= 4 is 28.9 Å². The van der Waals surface area contributed by atoms with Crippen LogP contribution in [0.2, 0.25) is 0 Å². The number of alkyl halides is 3. The summed E-state index contributed by atoms with van der Waals surface area (Å²) in [5.41, 5.74) is 0.901. The molecule has 0 saturated carbocycles. The number of nitriles is 1. The maximum absolute atomic E-state index is 13.0. The predicted molar refractivity (Wildman–Crippen MR) is 144 cm³/mol. The number of rotatable bonds is 7. The van der Waals surface area contributed by atoms with Gasteiger partial charge in [0.1, 0.15) is 16.8 Å². The minimum absolute atomic E-state index is 0.0500. The average Bonchev–Trinajstić information content (AvgIpc) is 3.44. The van der Waals surface area contributed by atoms with Crippen molar-refractivity contribution in [2.75, 3.05) is 31.1 Å². The smallest absolute Gasteiger partial charge is 0.433 e. The van der Waals surface area contributed by atoms with Crippen molar-refractivity contribution in [3.63, 3.8) is 0 Å². The molecular weight excluding hydrogens is 553 g/mol. The van der Waals surface area contributed by atoms with Crippen LogP contribution in [-0.4, -0.2) is 53.1 Å². The second kappa shape index (κ2) is 11.9. The molecule has 5 rings (SSSR count). The molecule has 1 fully saturated rings. The highest BCUT2D eigenvalue weighted by Gasteiger charge is 2.33. The second-order valence-electron chi connectivity index (χ2n) is 9.68. The van der Waals surface area contributed by atoms with Gasteiger partial charge in [-0.15, -0.1) is 0 Å². The number of carbonyl (C=O) groups is 2. The fraction of sp³-hybridized carbons (Fsp3) is 0.310. The summed E-state index contributed by atoms with van der Waals surface area (Å²) in [4.78, 5) is 38.9. The lowest BCUT2D eigenvalue weighted by Gasteiger charge is -2.32. The predicted octanol–water partition coefficient (Wildman–Crippen LogP) is 5.00. The van der Waals surface area contributed by atoms with E-state index in [0.29, 0.717) is 49.1 Å². The second-order valence-corrected chi connectivity index (χ2v) is 9.68. The van der Waals surface area contributed by atoms with Gasteiger partial charge in [0, 0.05) is 37.0 Å². The van der Waals surface area contributed by atoms with Gasteiger partial charge in [-0.25, -0.2) is 19.7 Å². The molecule has 0 unspecified atom stereocenters. The number of benzene rings is 2. The Balaban J connectivity index is 1.19. The molecule has 1 amide bonds. The molecule has 0 spiro atoms. The maximum Gasteiger partial charge on any atom is 0.433 e. The Morgan fingerprint density at radius 1 is 1.14 bits per heavy atom. The average molecular weight is 579 g/mol. The Labute approximate surface area is 238 Å². The zero-order chi connectivity index (χ0) is 29.9. The molecular formula is C29H25F3N6O4. The third kappa shape index (κ3) is 6.17. The number of carbonyl (C=O) groups excluding carboxylic acids is 2. The van der Waals surface area contributed by atoms with Crippen molar-refractivity contribution in [3.8, 4) is 17.5 Å². The third-order valence-electron chi connectivity index (χ3n) is 6.89. The van der Waals surface area contributed by atoms with Crippen LogP contribution in [0.1, 0.15) is 51.7 Å². The van der Waals surface area contributed by atoms with Crippen LogP contribution in [-0.2, 0) is 10.9 Å². The van der Waals surface area contributed by atoms with Crippen LogP contribution >= 0.6 is 0 Å². The summed E-state index contributed by atoms with van der Waals surface area (Å²) in [5.74, 6) is -0.472. The Kier molecular flexibility index (Phi) is 8.06. The summed E-state index contributed by atoms with van der Waals surface area (Å²) in [6.45, 7) is 3.22. The zero-order valence-electron chi connectivity index (χ0n) is 22.4. The van der Waals surface area contributed by atoms with E-state index in [-0.39, 0.29) is 47.0 Å². The SMILES string of the molecule is CCOC(=O)c1cc(C#N)cc2nc(-c3ccc(C(=O)NCC4CCN(c5nccc(C(F)(F)F)n5)CC4)cc3)oc12. The van der Waals surface area contributed by atoms with Gasteiger partial charge in [-0.05, 0) is 68.1 Å². The van der Waals surface area contributed by atoms with Crippen molar-refractivity contribution in [1.82, 2.24) is 20.3 Å². The maximum atomic E-state index is 13.0. The first-order chi connectivity index (χ1) is 20.2. The Hall–Kier alpha value is -4.99. The fourth-order valence-electron chi connectivity index (χ4n) is 4.68. The van der Waals surface area contributed by atoms with E-state index in [2.05, 4.69) is 20.3 Å². The quantitative estimate of drug-likeness (QED) is 0.301. The van der Waals surface area contributed by atoms with E-state index in [1.807, 2.05) is 6.07 Å². The van der Waals surface area contributed by atoms with Gasteiger partial charge in [0.25, 0.3) is 5.91 Å². The van der Waals surface area contributed by atoms with Crippen LogP contribution in [0.25, 0.3) is 22.6 Å². The van der Waals surface area contributed by atoms with Crippen LogP contribution in [0.3, 0.4) is 0 Å². The third-order valence-corrected chi connectivity index (χ3v) is 6.89. The summed E-state index contributed by atoms with van der Waals surface area (Å²) in [7, 11) is 0. The van der Waals surface area contributed by atoms with Crippen molar-refractivity contribution < 1.29 is 31.9 Å². The molecule has 3 heterocycles. The van der Waals surface area contributed by atoms with Gasteiger partial charge in [0.15, 0.2) is 5.58 Å². The number of ether oxygens (including phenoxy) is 1. The van der Waals surface area contributed by atoms with Crippen molar-refractivity contribution in [3.05, 3.63) is 71.0 Å². The fourth-order valence-corrected chi connectivity index (χ4v) is 4.68. The van der Waals surface area contributed by atoms with Gasteiger partial charge in [-0.3, -0.25) is 4.79 Å². The number of oxazole rings is 1. The van der Waals surface area contributed by atoms with Crippen LogP contribution in [0.4, 0.5) is 19.1 Å². The molecule has 1 aliphatic heterocycles. The van der Waals surface area contributed by atoms with E-state index >= 15 is 0 Å². The van der Waals surface area contributed by atoms with Gasteiger partial charge in [0.2, 0.25) is 11.8 Å². The molecule has 2 aromatic carbocycles. The van der Waals surface area contributed by atoms with Gasteiger partial charge in [-0.1, -0.05) is 0 Å². The number of aromatic nitrogens is 3. The number of anilines is 1. The number of hydrogen-bond acceptors (Lipinski definition) is 9. The molecule has 13 heteroatoms. The first-order valence-corrected chi connectivity index (χ1v) is 13.2. The normalized spacial score (nSPS) is 14.0. The lowest BCUT2D eigenvalue weighted by molar-refractivity contribution is -0.141. The largest absolute Gasteiger partial charge is 0.462 e.